The minimum Gasteiger partial charge on any atom is -0.314 e. The van der Waals surface area contributed by atoms with Crippen LogP contribution >= 0.6 is 0 Å². The monoisotopic (exact) mass is 369 g/mol. The van der Waals surface area contributed by atoms with Crippen LogP contribution in [0.4, 0.5) is 14.5 Å². The number of nitrogens with one attached hydrogen (secondary N) is 2. The van der Waals surface area contributed by atoms with E-state index in [4.69, 9.17) is 0 Å². The zero-order valence-electron chi connectivity index (χ0n) is 14.3. The number of carbonyl (C=O) groups excluding carboxylic acids is 1. The maximum atomic E-state index is 13.7. The molecule has 0 saturated carbocycles. The van der Waals surface area contributed by atoms with Gasteiger partial charge in [0.1, 0.15) is 11.6 Å². The first-order valence-electron chi connectivity index (χ1n) is 8.29. The molecule has 1 amide bonds. The molecule has 0 radical (unpaired) electrons. The first kappa shape index (κ1) is 18.3. The third-order valence-corrected chi connectivity index (χ3v) is 3.97. The number of pyridine rings is 1. The van der Waals surface area contributed by atoms with Crippen LogP contribution < -0.4 is 16.4 Å². The largest absolute Gasteiger partial charge is 0.314 e. The van der Waals surface area contributed by atoms with Gasteiger partial charge in [0.25, 0.3) is 11.5 Å². The number of aromatic nitrogens is 1. The normalized spacial score (nSPS) is 10.4. The molecule has 138 valence electrons. The molecular formula is C20H17F2N3O2. The summed E-state index contributed by atoms with van der Waals surface area (Å²) in [4.78, 5) is 24.2. The van der Waals surface area contributed by atoms with Crippen molar-refractivity contribution in [3.8, 4) is 0 Å². The van der Waals surface area contributed by atoms with Gasteiger partial charge in [-0.05, 0) is 42.3 Å². The number of benzene rings is 2. The number of anilines is 1. The van der Waals surface area contributed by atoms with E-state index in [1.54, 1.807) is 24.3 Å². The molecule has 0 bridgehead atoms. The average Bonchev–Trinajstić information content (AvgIpc) is 2.66. The molecule has 7 heteroatoms. The Morgan fingerprint density at radius 3 is 2.59 bits per heavy atom. The molecule has 3 rings (SSSR count). The highest BCUT2D eigenvalue weighted by Crippen LogP contribution is 2.09. The number of carbonyl (C=O) groups is 1. The van der Waals surface area contributed by atoms with Crippen molar-refractivity contribution in [2.75, 3.05) is 5.43 Å². The van der Waals surface area contributed by atoms with Gasteiger partial charge in [0.2, 0.25) is 0 Å². The van der Waals surface area contributed by atoms with Crippen molar-refractivity contribution in [3.05, 3.63) is 100.0 Å². The number of rotatable bonds is 6. The summed E-state index contributed by atoms with van der Waals surface area (Å²) >= 11 is 0. The SMILES string of the molecule is O=C(NNc1cccc(F)c1)c1ccc(=O)n(CCc2ccccc2F)c1. The van der Waals surface area contributed by atoms with Crippen LogP contribution in [0.3, 0.4) is 0 Å². The summed E-state index contributed by atoms with van der Waals surface area (Å²) in [5.41, 5.74) is 5.88. The van der Waals surface area contributed by atoms with E-state index in [1.165, 1.54) is 47.2 Å². The molecule has 0 aliphatic heterocycles. The number of amides is 1. The van der Waals surface area contributed by atoms with E-state index in [0.29, 0.717) is 17.7 Å². The molecule has 0 unspecified atom stereocenters. The van der Waals surface area contributed by atoms with E-state index < -0.39 is 11.7 Å². The summed E-state index contributed by atoms with van der Waals surface area (Å²) < 4.78 is 28.2. The van der Waals surface area contributed by atoms with Gasteiger partial charge in [-0.3, -0.25) is 20.4 Å². The van der Waals surface area contributed by atoms with Crippen molar-refractivity contribution in [2.45, 2.75) is 13.0 Å². The molecule has 1 aromatic heterocycles. The molecule has 0 spiro atoms. The van der Waals surface area contributed by atoms with Crippen LogP contribution in [0, 0.1) is 11.6 Å². The second-order valence-corrected chi connectivity index (χ2v) is 5.88. The summed E-state index contributed by atoms with van der Waals surface area (Å²) in [6.07, 6.45) is 1.73. The fourth-order valence-electron chi connectivity index (χ4n) is 2.55. The van der Waals surface area contributed by atoms with E-state index in [1.807, 2.05) is 0 Å². The maximum absolute atomic E-state index is 13.7. The second kappa shape index (κ2) is 8.27. The molecule has 5 nitrogen and oxygen atoms in total. The molecule has 2 N–H and O–H groups in total. The number of hydrogen-bond donors (Lipinski definition) is 2. The second-order valence-electron chi connectivity index (χ2n) is 5.88. The highest BCUT2D eigenvalue weighted by molar-refractivity contribution is 5.94. The molecule has 2 aromatic carbocycles. The van der Waals surface area contributed by atoms with Gasteiger partial charge < -0.3 is 4.57 Å². The van der Waals surface area contributed by atoms with Crippen LogP contribution in [0.15, 0.2) is 71.7 Å². The molecule has 3 aromatic rings. The van der Waals surface area contributed by atoms with Crippen LogP contribution in [0.1, 0.15) is 15.9 Å². The predicted molar refractivity (Wildman–Crippen MR) is 98.3 cm³/mol. The first-order chi connectivity index (χ1) is 13.0. The smallest absolute Gasteiger partial charge is 0.271 e. The van der Waals surface area contributed by atoms with Crippen molar-refractivity contribution in [3.63, 3.8) is 0 Å². The summed E-state index contributed by atoms with van der Waals surface area (Å²) in [5, 5.41) is 0. The Labute approximate surface area is 154 Å². The van der Waals surface area contributed by atoms with E-state index in [-0.39, 0.29) is 23.5 Å². The zero-order valence-corrected chi connectivity index (χ0v) is 14.3. The van der Waals surface area contributed by atoms with Crippen LogP contribution in [0.25, 0.3) is 0 Å². The Kier molecular flexibility index (Phi) is 5.61. The number of halogens is 2. The van der Waals surface area contributed by atoms with Crippen molar-refractivity contribution in [1.82, 2.24) is 9.99 Å². The van der Waals surface area contributed by atoms with Gasteiger partial charge in [-0.2, -0.15) is 0 Å². The molecule has 0 atom stereocenters. The highest BCUT2D eigenvalue weighted by Gasteiger charge is 2.09. The van der Waals surface area contributed by atoms with Gasteiger partial charge in [-0.25, -0.2) is 8.78 Å². The van der Waals surface area contributed by atoms with Crippen LogP contribution in [0.5, 0.6) is 0 Å². The molecule has 27 heavy (non-hydrogen) atoms. The van der Waals surface area contributed by atoms with E-state index in [0.717, 1.165) is 0 Å². The van der Waals surface area contributed by atoms with Crippen LogP contribution in [0.2, 0.25) is 0 Å². The first-order valence-corrected chi connectivity index (χ1v) is 8.29. The predicted octanol–water partition coefficient (Wildman–Crippen LogP) is 3.13. The van der Waals surface area contributed by atoms with E-state index in [2.05, 4.69) is 10.9 Å². The highest BCUT2D eigenvalue weighted by atomic mass is 19.1. The lowest BCUT2D eigenvalue weighted by atomic mass is 10.1. The van der Waals surface area contributed by atoms with Crippen molar-refractivity contribution < 1.29 is 13.6 Å². The third-order valence-electron chi connectivity index (χ3n) is 3.97. The quantitative estimate of drug-likeness (QED) is 0.656. The number of nitrogens with zero attached hydrogens (tertiary/aromatic N) is 1. The Hall–Kier alpha value is -3.48. The topological polar surface area (TPSA) is 63.1 Å². The Morgan fingerprint density at radius 2 is 1.81 bits per heavy atom. The average molecular weight is 369 g/mol. The summed E-state index contributed by atoms with van der Waals surface area (Å²) in [6, 6.07) is 14.6. The molecule has 1 heterocycles. The maximum Gasteiger partial charge on any atom is 0.271 e. The minimum atomic E-state index is -0.487. The molecule has 0 fully saturated rings. The Bertz CT molecular complexity index is 1020. The standard InChI is InChI=1S/C20H17F2N3O2/c21-16-5-3-6-17(12-16)23-24-20(27)15-8-9-19(26)25(13-15)11-10-14-4-1-2-7-18(14)22/h1-9,12-13,23H,10-11H2,(H,24,27). The minimum absolute atomic E-state index is 0.234. The van der Waals surface area contributed by atoms with Gasteiger partial charge in [-0.1, -0.05) is 24.3 Å². The third kappa shape index (κ3) is 4.78. The van der Waals surface area contributed by atoms with Crippen molar-refractivity contribution >= 4 is 11.6 Å². The number of hydrazine groups is 1. The van der Waals surface area contributed by atoms with Gasteiger partial charge in [0, 0.05) is 18.8 Å². The number of aryl methyl sites for hydroxylation is 2. The van der Waals surface area contributed by atoms with Gasteiger partial charge in [0.15, 0.2) is 0 Å². The summed E-state index contributed by atoms with van der Waals surface area (Å²) in [5.74, 6) is -1.26. The summed E-state index contributed by atoms with van der Waals surface area (Å²) in [7, 11) is 0. The lowest BCUT2D eigenvalue weighted by molar-refractivity contribution is 0.0961. The van der Waals surface area contributed by atoms with Gasteiger partial charge >= 0.3 is 0 Å². The lowest BCUT2D eigenvalue weighted by Crippen LogP contribution is -2.31. The van der Waals surface area contributed by atoms with Crippen LogP contribution in [-0.4, -0.2) is 10.5 Å². The van der Waals surface area contributed by atoms with Gasteiger partial charge in [-0.15, -0.1) is 0 Å². The molecular weight excluding hydrogens is 352 g/mol. The number of hydrogen-bond acceptors (Lipinski definition) is 3. The Morgan fingerprint density at radius 1 is 1.00 bits per heavy atom. The molecule has 0 aliphatic rings. The van der Waals surface area contributed by atoms with Crippen molar-refractivity contribution in [2.24, 2.45) is 0 Å². The fourth-order valence-corrected chi connectivity index (χ4v) is 2.55. The Balaban J connectivity index is 1.68. The lowest BCUT2D eigenvalue weighted by Gasteiger charge is -2.11. The van der Waals surface area contributed by atoms with Crippen LogP contribution in [-0.2, 0) is 13.0 Å². The molecule has 0 aliphatic carbocycles. The van der Waals surface area contributed by atoms with E-state index in [9.17, 15) is 18.4 Å². The van der Waals surface area contributed by atoms with Gasteiger partial charge in [0.05, 0.1) is 11.3 Å². The van der Waals surface area contributed by atoms with Crippen molar-refractivity contribution in [1.29, 1.82) is 0 Å². The van der Waals surface area contributed by atoms with E-state index >= 15 is 0 Å². The molecule has 0 saturated heterocycles. The fraction of sp³-hybridized carbons (Fsp3) is 0.100. The zero-order chi connectivity index (χ0) is 19.2. The summed E-state index contributed by atoms with van der Waals surface area (Å²) in [6.45, 7) is 0.234.